The molecule has 0 nitrogen and oxygen atoms in total. The molecule has 0 unspecified atom stereocenters. The van der Waals surface area contributed by atoms with Gasteiger partial charge in [-0.2, -0.15) is 0 Å². The first-order chi connectivity index (χ1) is 8.04. The van der Waals surface area contributed by atoms with E-state index in [4.69, 9.17) is 0 Å². The van der Waals surface area contributed by atoms with Crippen molar-refractivity contribution in [2.24, 2.45) is 0 Å². The van der Waals surface area contributed by atoms with E-state index in [-0.39, 0.29) is 5.41 Å². The molecule has 2 rings (SSSR count). The van der Waals surface area contributed by atoms with Crippen molar-refractivity contribution in [1.29, 1.82) is 0 Å². The van der Waals surface area contributed by atoms with E-state index in [1.165, 1.54) is 26.7 Å². The summed E-state index contributed by atoms with van der Waals surface area (Å²) >= 11 is 3.67. The molecule has 1 heteroatoms. The van der Waals surface area contributed by atoms with Crippen LogP contribution in [0.5, 0.6) is 0 Å². The predicted molar refractivity (Wildman–Crippen MR) is 79.1 cm³/mol. The van der Waals surface area contributed by atoms with Gasteiger partial charge in [0.05, 0.1) is 0 Å². The number of hydrogen-bond donors (Lipinski definition) is 0. The van der Waals surface area contributed by atoms with Gasteiger partial charge in [-0.05, 0) is 35.3 Å². The van der Waals surface area contributed by atoms with Crippen LogP contribution in [0, 0.1) is 0 Å². The second kappa shape index (κ2) is 4.30. The zero-order valence-electron chi connectivity index (χ0n) is 10.5. The van der Waals surface area contributed by atoms with Gasteiger partial charge < -0.3 is 0 Å². The van der Waals surface area contributed by atoms with Crippen LogP contribution in [0.2, 0.25) is 0 Å². The fourth-order valence-corrected chi connectivity index (χ4v) is 3.55. The van der Waals surface area contributed by atoms with Crippen LogP contribution in [-0.2, 0) is 5.41 Å². The first-order valence-corrected chi connectivity index (χ1v) is 6.62. The fourth-order valence-electron chi connectivity index (χ4n) is 2.68. The van der Waals surface area contributed by atoms with Crippen molar-refractivity contribution in [3.05, 3.63) is 64.2 Å². The van der Waals surface area contributed by atoms with Gasteiger partial charge in [0.25, 0.3) is 0 Å². The number of fused-ring (bicyclic) bond motifs is 1. The zero-order valence-corrected chi connectivity index (χ0v) is 12.1. The lowest BCUT2D eigenvalue weighted by atomic mass is 9.81. The van der Waals surface area contributed by atoms with Crippen molar-refractivity contribution in [2.75, 3.05) is 0 Å². The summed E-state index contributed by atoms with van der Waals surface area (Å²) < 4.78 is 1.18. The summed E-state index contributed by atoms with van der Waals surface area (Å²) in [5, 5.41) is 0. The van der Waals surface area contributed by atoms with Crippen LogP contribution in [0.15, 0.2) is 53.1 Å². The van der Waals surface area contributed by atoms with Crippen LogP contribution in [0.1, 0.15) is 31.9 Å². The summed E-state index contributed by atoms with van der Waals surface area (Å²) in [6, 6.07) is 6.37. The van der Waals surface area contributed by atoms with Crippen LogP contribution in [0.3, 0.4) is 0 Å². The summed E-state index contributed by atoms with van der Waals surface area (Å²) in [4.78, 5) is 0. The van der Waals surface area contributed by atoms with E-state index in [0.717, 1.165) is 0 Å². The van der Waals surface area contributed by atoms with Gasteiger partial charge in [0.15, 0.2) is 0 Å². The van der Waals surface area contributed by atoms with E-state index in [1.807, 2.05) is 6.08 Å². The Labute approximate surface area is 112 Å². The average Bonchev–Trinajstić information content (AvgIpc) is 2.49. The Morgan fingerprint density at radius 1 is 1.29 bits per heavy atom. The maximum absolute atomic E-state index is 3.96. The molecule has 0 aliphatic heterocycles. The number of halogens is 1. The molecule has 0 spiro atoms. The molecule has 1 aliphatic carbocycles. The molecular formula is C16H17Br. The van der Waals surface area contributed by atoms with Crippen molar-refractivity contribution >= 4 is 21.5 Å². The van der Waals surface area contributed by atoms with Crippen molar-refractivity contribution in [3.63, 3.8) is 0 Å². The van der Waals surface area contributed by atoms with Gasteiger partial charge in [0, 0.05) is 9.89 Å². The maximum atomic E-state index is 3.96. The monoisotopic (exact) mass is 288 g/mol. The highest BCUT2D eigenvalue weighted by Crippen LogP contribution is 2.49. The topological polar surface area (TPSA) is 0 Å². The van der Waals surface area contributed by atoms with Crippen LogP contribution in [-0.4, -0.2) is 0 Å². The average molecular weight is 289 g/mol. The van der Waals surface area contributed by atoms with Crippen LogP contribution < -0.4 is 0 Å². The summed E-state index contributed by atoms with van der Waals surface area (Å²) in [5.74, 6) is 0. The smallest absolute Gasteiger partial charge is 0.0222 e. The zero-order chi connectivity index (χ0) is 12.6. The van der Waals surface area contributed by atoms with Gasteiger partial charge in [-0.15, -0.1) is 0 Å². The van der Waals surface area contributed by atoms with Crippen LogP contribution in [0.25, 0.3) is 5.57 Å². The van der Waals surface area contributed by atoms with Gasteiger partial charge in [-0.3, -0.25) is 0 Å². The van der Waals surface area contributed by atoms with E-state index in [2.05, 4.69) is 73.6 Å². The molecule has 1 aromatic carbocycles. The summed E-state index contributed by atoms with van der Waals surface area (Å²) in [5.41, 5.74) is 5.29. The minimum atomic E-state index is 0.0332. The van der Waals surface area contributed by atoms with Crippen LogP contribution >= 0.6 is 15.9 Å². The molecule has 0 bridgehead atoms. The van der Waals surface area contributed by atoms with Gasteiger partial charge in [0.1, 0.15) is 0 Å². The number of benzene rings is 1. The highest BCUT2D eigenvalue weighted by molar-refractivity contribution is 9.10. The maximum Gasteiger partial charge on any atom is 0.0222 e. The molecule has 1 aromatic rings. The lowest BCUT2D eigenvalue weighted by Gasteiger charge is -2.24. The van der Waals surface area contributed by atoms with E-state index in [9.17, 15) is 0 Å². The van der Waals surface area contributed by atoms with Crippen molar-refractivity contribution in [3.8, 4) is 0 Å². The highest BCUT2D eigenvalue weighted by Gasteiger charge is 2.36. The largest absolute Gasteiger partial charge is 0.0984 e. The third-order valence-corrected chi connectivity index (χ3v) is 4.09. The first kappa shape index (κ1) is 12.4. The number of hydrogen-bond acceptors (Lipinski definition) is 0. The Balaban J connectivity index is 2.80. The molecule has 0 saturated heterocycles. The molecule has 1 aliphatic rings. The SMILES string of the molecule is C=CC1=C(/C=C\C)C(C)(C)c2c(Br)cccc21. The standard InChI is InChI=1S/C16H17Br/c1-5-8-13-11(6-2)12-9-7-10-14(17)15(12)16(13,3)4/h5-10H,2H2,1,3-4H3/b8-5-. The van der Waals surface area contributed by atoms with E-state index >= 15 is 0 Å². The van der Waals surface area contributed by atoms with Crippen LogP contribution in [0.4, 0.5) is 0 Å². The molecule has 0 heterocycles. The molecule has 0 radical (unpaired) electrons. The molecule has 88 valence electrons. The quantitative estimate of drug-likeness (QED) is 0.697. The third-order valence-electron chi connectivity index (χ3n) is 3.43. The van der Waals surface area contributed by atoms with Gasteiger partial charge >= 0.3 is 0 Å². The molecule has 17 heavy (non-hydrogen) atoms. The van der Waals surface area contributed by atoms with Crippen molar-refractivity contribution in [1.82, 2.24) is 0 Å². The van der Waals surface area contributed by atoms with Crippen molar-refractivity contribution in [2.45, 2.75) is 26.2 Å². The first-order valence-electron chi connectivity index (χ1n) is 5.83. The van der Waals surface area contributed by atoms with E-state index in [0.29, 0.717) is 0 Å². The van der Waals surface area contributed by atoms with E-state index in [1.54, 1.807) is 0 Å². The normalized spacial score (nSPS) is 17.6. The molecule has 0 aromatic heterocycles. The fraction of sp³-hybridized carbons (Fsp3) is 0.250. The molecule has 0 atom stereocenters. The lowest BCUT2D eigenvalue weighted by Crippen LogP contribution is -2.16. The summed E-state index contributed by atoms with van der Waals surface area (Å²) in [6.45, 7) is 10.6. The number of allylic oxidation sites excluding steroid dienone is 5. The van der Waals surface area contributed by atoms with Gasteiger partial charge in [-0.25, -0.2) is 0 Å². The minimum Gasteiger partial charge on any atom is -0.0984 e. The lowest BCUT2D eigenvalue weighted by molar-refractivity contribution is 0.650. The third kappa shape index (κ3) is 1.73. The Bertz CT molecular complexity index is 530. The molecular weight excluding hydrogens is 272 g/mol. The molecule has 0 saturated carbocycles. The Kier molecular flexibility index (Phi) is 3.13. The summed E-state index contributed by atoms with van der Waals surface area (Å²) in [6.07, 6.45) is 6.26. The Morgan fingerprint density at radius 3 is 2.59 bits per heavy atom. The molecule has 0 N–H and O–H groups in total. The molecule has 0 amide bonds. The van der Waals surface area contributed by atoms with E-state index < -0.39 is 0 Å². The molecule has 0 fully saturated rings. The number of rotatable bonds is 2. The second-order valence-electron chi connectivity index (χ2n) is 4.82. The van der Waals surface area contributed by atoms with Crippen molar-refractivity contribution < 1.29 is 0 Å². The summed E-state index contributed by atoms with van der Waals surface area (Å²) in [7, 11) is 0. The minimum absolute atomic E-state index is 0.0332. The highest BCUT2D eigenvalue weighted by atomic mass is 79.9. The Hall–Kier alpha value is -1.08. The second-order valence-corrected chi connectivity index (χ2v) is 5.67. The van der Waals surface area contributed by atoms with Gasteiger partial charge in [0.2, 0.25) is 0 Å². The predicted octanol–water partition coefficient (Wildman–Crippen LogP) is 5.26. The van der Waals surface area contributed by atoms with Gasteiger partial charge in [-0.1, -0.05) is 66.7 Å². The Morgan fingerprint density at radius 2 is 2.00 bits per heavy atom.